The van der Waals surface area contributed by atoms with Crippen LogP contribution < -0.4 is 28.4 Å². The monoisotopic (exact) mass is 998 g/mol. The number of benzene rings is 7. The maximum absolute atomic E-state index is 13.4. The third kappa shape index (κ3) is 11.5. The quantitative estimate of drug-likeness (QED) is 0.0439. The fraction of sp³-hybridized carbons (Fsp3) is 0.306. The lowest BCUT2D eigenvalue weighted by Gasteiger charge is -2.30. The molecule has 7 aromatic carbocycles. The second kappa shape index (κ2) is 21.6. The molecule has 4 unspecified atom stereocenters. The summed E-state index contributed by atoms with van der Waals surface area (Å²) < 4.78 is 52.3. The SMILES string of the molecule is CC(C)(c1ccc(OCC(O)COc2ccc(C3(c4ccc(OCC(O)COc5ccc(C(C)(C)c6ccc(OCC7CO7)cc6)cc5)cc4)OC(=O)c4ccccc43)cc2)cc1)c1ccc(OCC2CO2)cc1. The molecule has 0 radical (unpaired) electrons. The van der Waals surface area contributed by atoms with Crippen LogP contribution in [0.2, 0.25) is 0 Å². The molecule has 3 aliphatic heterocycles. The Morgan fingerprint density at radius 1 is 0.459 bits per heavy atom. The summed E-state index contributed by atoms with van der Waals surface area (Å²) in [7, 11) is 0. The smallest absolute Gasteiger partial charge is 0.340 e. The van der Waals surface area contributed by atoms with Gasteiger partial charge in [0, 0.05) is 27.5 Å². The van der Waals surface area contributed by atoms with Crippen LogP contribution in [0.3, 0.4) is 0 Å². The highest BCUT2D eigenvalue weighted by atomic mass is 16.6. The van der Waals surface area contributed by atoms with E-state index in [-0.39, 0.29) is 49.5 Å². The summed E-state index contributed by atoms with van der Waals surface area (Å²) in [6, 6.07) is 54.1. The summed E-state index contributed by atoms with van der Waals surface area (Å²) in [5.41, 5.74) is 5.41. The Kier molecular flexibility index (Phi) is 14.7. The van der Waals surface area contributed by atoms with E-state index in [1.807, 2.05) is 115 Å². The maximum atomic E-state index is 13.4. The molecule has 0 amide bonds. The van der Waals surface area contributed by atoms with E-state index in [4.69, 9.17) is 42.6 Å². The molecule has 12 nitrogen and oxygen atoms in total. The minimum absolute atomic E-state index is 0.000748. The number of esters is 1. The largest absolute Gasteiger partial charge is 0.491 e. The number of hydrogen-bond donors (Lipinski definition) is 2. The van der Waals surface area contributed by atoms with Crippen LogP contribution in [0.25, 0.3) is 0 Å². The summed E-state index contributed by atoms with van der Waals surface area (Å²) >= 11 is 0. The summed E-state index contributed by atoms with van der Waals surface area (Å²) in [5, 5.41) is 21.7. The van der Waals surface area contributed by atoms with Gasteiger partial charge in [0.25, 0.3) is 0 Å². The van der Waals surface area contributed by atoms with Crippen LogP contribution in [0.15, 0.2) is 170 Å². The number of aliphatic hydroxyl groups is 2. The Hall–Kier alpha value is -7.35. The predicted molar refractivity (Wildman–Crippen MR) is 279 cm³/mol. The lowest BCUT2D eigenvalue weighted by molar-refractivity contribution is 0.0250. The molecule has 0 spiro atoms. The highest BCUT2D eigenvalue weighted by Crippen LogP contribution is 2.47. The van der Waals surface area contributed by atoms with Crippen LogP contribution >= 0.6 is 0 Å². The minimum Gasteiger partial charge on any atom is -0.491 e. The van der Waals surface area contributed by atoms with E-state index < -0.39 is 23.8 Å². The first-order valence-corrected chi connectivity index (χ1v) is 25.2. The van der Waals surface area contributed by atoms with E-state index in [1.54, 1.807) is 30.3 Å². The lowest BCUT2D eigenvalue weighted by atomic mass is 9.78. The molecule has 0 aliphatic carbocycles. The van der Waals surface area contributed by atoms with Gasteiger partial charge in [-0.2, -0.15) is 0 Å². The molecule has 0 aromatic heterocycles. The number of rotatable bonds is 24. The zero-order valence-corrected chi connectivity index (χ0v) is 42.1. The fourth-order valence-corrected chi connectivity index (χ4v) is 9.16. The molecule has 74 heavy (non-hydrogen) atoms. The van der Waals surface area contributed by atoms with Gasteiger partial charge in [-0.05, 0) is 101 Å². The molecule has 382 valence electrons. The number of carbonyl (C=O) groups excluding carboxylic acids is 1. The second-order valence-corrected chi connectivity index (χ2v) is 20.1. The number of epoxide rings is 2. The highest BCUT2D eigenvalue weighted by molar-refractivity contribution is 5.96. The number of aliphatic hydroxyl groups excluding tert-OH is 2. The van der Waals surface area contributed by atoms with Crippen LogP contribution in [-0.4, -0.2) is 93.5 Å². The topological polar surface area (TPSA) is 147 Å². The Morgan fingerprint density at radius 2 is 0.757 bits per heavy atom. The Bertz CT molecular complexity index is 2790. The molecule has 2 fully saturated rings. The first-order valence-electron chi connectivity index (χ1n) is 25.2. The summed E-state index contributed by atoms with van der Waals surface area (Å²) in [6.07, 6.45) is -1.38. The molecule has 0 saturated carbocycles. The Balaban J connectivity index is 0.710. The van der Waals surface area contributed by atoms with Crippen molar-refractivity contribution >= 4 is 5.97 Å². The summed E-state index contributed by atoms with van der Waals surface area (Å²) in [6.45, 7) is 11.5. The van der Waals surface area contributed by atoms with Crippen molar-refractivity contribution in [1.29, 1.82) is 0 Å². The number of fused-ring (bicyclic) bond motifs is 1. The molecule has 3 heterocycles. The molecule has 3 aliphatic rings. The van der Waals surface area contributed by atoms with Crippen LogP contribution in [-0.2, 0) is 30.6 Å². The van der Waals surface area contributed by atoms with Crippen molar-refractivity contribution in [3.8, 4) is 34.5 Å². The van der Waals surface area contributed by atoms with Gasteiger partial charge in [0.15, 0.2) is 5.60 Å². The van der Waals surface area contributed by atoms with Gasteiger partial charge >= 0.3 is 5.97 Å². The van der Waals surface area contributed by atoms with Crippen LogP contribution in [0.1, 0.15) is 77.0 Å². The third-order valence-electron chi connectivity index (χ3n) is 14.0. The van der Waals surface area contributed by atoms with Gasteiger partial charge < -0.3 is 52.8 Å². The standard InChI is InChI=1S/C62H62O12/c1-60(2,43-13-25-53(26-14-43)70-37-55-39-72-55)41-9-21-49(22-10-41)66-33-47(63)35-68-51-29-17-45(18-30-51)62(58-8-6-5-7-57(58)59(65)74-62)46-19-31-52(32-20-46)69-36-48(64)34-67-50-23-11-42(12-24-50)61(3,4)44-15-27-54(28-16-44)71-38-56-40-73-56/h5-32,47-48,55-56,63-64H,33-40H2,1-4H3. The molecular weight excluding hydrogens is 937 g/mol. The van der Waals surface area contributed by atoms with Crippen molar-refractivity contribution in [1.82, 2.24) is 0 Å². The van der Waals surface area contributed by atoms with E-state index in [2.05, 4.69) is 52.0 Å². The van der Waals surface area contributed by atoms with Crippen molar-refractivity contribution in [2.24, 2.45) is 0 Å². The molecule has 10 rings (SSSR count). The van der Waals surface area contributed by atoms with Crippen molar-refractivity contribution in [2.75, 3.05) is 52.9 Å². The number of cyclic esters (lactones) is 1. The molecule has 2 saturated heterocycles. The molecule has 4 atom stereocenters. The van der Waals surface area contributed by atoms with Gasteiger partial charge in [-0.3, -0.25) is 0 Å². The number of hydrogen-bond acceptors (Lipinski definition) is 12. The highest BCUT2D eigenvalue weighted by Gasteiger charge is 2.48. The molecule has 2 N–H and O–H groups in total. The van der Waals surface area contributed by atoms with Crippen molar-refractivity contribution in [3.05, 3.63) is 214 Å². The van der Waals surface area contributed by atoms with Crippen molar-refractivity contribution in [3.63, 3.8) is 0 Å². The van der Waals surface area contributed by atoms with E-state index >= 15 is 0 Å². The van der Waals surface area contributed by atoms with Crippen LogP contribution in [0.5, 0.6) is 34.5 Å². The fourth-order valence-electron chi connectivity index (χ4n) is 9.16. The van der Waals surface area contributed by atoms with Gasteiger partial charge in [-0.15, -0.1) is 0 Å². The van der Waals surface area contributed by atoms with Gasteiger partial charge in [0.1, 0.15) is 98.6 Å². The lowest BCUT2D eigenvalue weighted by Crippen LogP contribution is -2.29. The number of ether oxygens (including phenoxy) is 9. The summed E-state index contributed by atoms with van der Waals surface area (Å²) in [4.78, 5) is 13.4. The van der Waals surface area contributed by atoms with Crippen LogP contribution in [0.4, 0.5) is 0 Å². The van der Waals surface area contributed by atoms with E-state index in [1.165, 1.54) is 0 Å². The van der Waals surface area contributed by atoms with Gasteiger partial charge in [0.05, 0.1) is 18.8 Å². The average molecular weight is 999 g/mol. The van der Waals surface area contributed by atoms with E-state index in [0.717, 1.165) is 47.0 Å². The minimum atomic E-state index is -1.25. The normalized spacial score (nSPS) is 18.6. The predicted octanol–water partition coefficient (Wildman–Crippen LogP) is 9.99. The van der Waals surface area contributed by atoms with Gasteiger partial charge in [-0.1, -0.05) is 119 Å². The molecule has 0 bridgehead atoms. The summed E-state index contributed by atoms with van der Waals surface area (Å²) in [5.74, 6) is 3.55. The van der Waals surface area contributed by atoms with Crippen molar-refractivity contribution in [2.45, 2.75) is 68.5 Å². The first kappa shape index (κ1) is 50.2. The van der Waals surface area contributed by atoms with Crippen LogP contribution in [0, 0.1) is 0 Å². The third-order valence-corrected chi connectivity index (χ3v) is 14.0. The van der Waals surface area contributed by atoms with Crippen molar-refractivity contribution < 1.29 is 57.6 Å². The van der Waals surface area contributed by atoms with Gasteiger partial charge in [0.2, 0.25) is 0 Å². The zero-order valence-electron chi connectivity index (χ0n) is 42.1. The van der Waals surface area contributed by atoms with Gasteiger partial charge in [-0.25, -0.2) is 4.79 Å². The Morgan fingerprint density at radius 3 is 1.08 bits per heavy atom. The number of carbonyl (C=O) groups is 1. The van der Waals surface area contributed by atoms with E-state index in [0.29, 0.717) is 58.5 Å². The average Bonchev–Trinajstić information content (AvgIpc) is 4.39. The molecule has 7 aromatic rings. The molecule has 12 heteroatoms. The van der Waals surface area contributed by atoms with E-state index in [9.17, 15) is 15.0 Å². The second-order valence-electron chi connectivity index (χ2n) is 20.1. The zero-order chi connectivity index (χ0) is 51.3. The first-order chi connectivity index (χ1) is 35.8. The maximum Gasteiger partial charge on any atom is 0.340 e. The molecular formula is C62H62O12. The Labute approximate surface area is 432 Å².